The molecular weight excluding hydrogens is 351 g/mol. The Hall–Kier alpha value is -1.07. The highest BCUT2D eigenvalue weighted by atomic mass is 127. The number of hydrogen-bond acceptors (Lipinski definition) is 2. The predicted molar refractivity (Wildman–Crippen MR) is 83.5 cm³/mol. The summed E-state index contributed by atoms with van der Waals surface area (Å²) in [5.41, 5.74) is 1.89. The molecule has 1 atom stereocenters. The molecule has 0 aliphatic carbocycles. The second-order valence-corrected chi connectivity index (χ2v) is 6.22. The summed E-state index contributed by atoms with van der Waals surface area (Å²) >= 11 is 2.26. The number of para-hydroxylation sites is 1. The number of benzene rings is 2. The van der Waals surface area contributed by atoms with Crippen molar-refractivity contribution in [3.63, 3.8) is 0 Å². The summed E-state index contributed by atoms with van der Waals surface area (Å²) in [6.45, 7) is 2.53. The maximum atomic E-state index is 10.9. The van der Waals surface area contributed by atoms with E-state index in [2.05, 4.69) is 28.7 Å². The first-order valence-electron chi connectivity index (χ1n) is 6.32. The normalized spacial score (nSPS) is 16.6. The Morgan fingerprint density at radius 2 is 1.89 bits per heavy atom. The van der Waals surface area contributed by atoms with Crippen LogP contribution in [-0.2, 0) is 12.0 Å². The van der Waals surface area contributed by atoms with E-state index in [1.54, 1.807) is 0 Å². The van der Waals surface area contributed by atoms with Gasteiger partial charge in [0.05, 0.1) is 6.61 Å². The smallest absolute Gasteiger partial charge is 0.129 e. The molecule has 0 radical (unpaired) electrons. The lowest BCUT2D eigenvalue weighted by atomic mass is 9.86. The van der Waals surface area contributed by atoms with E-state index in [1.807, 2.05) is 43.3 Å². The zero-order valence-electron chi connectivity index (χ0n) is 10.7. The molecule has 2 aromatic rings. The van der Waals surface area contributed by atoms with Gasteiger partial charge in [-0.15, -0.1) is 0 Å². The van der Waals surface area contributed by atoms with E-state index in [-0.39, 0.29) is 0 Å². The fraction of sp³-hybridized carbons (Fsp3) is 0.250. The van der Waals surface area contributed by atoms with Gasteiger partial charge in [0, 0.05) is 15.6 Å². The molecule has 98 valence electrons. The zero-order chi connectivity index (χ0) is 13.5. The molecule has 0 amide bonds. The van der Waals surface area contributed by atoms with Crippen LogP contribution < -0.4 is 4.74 Å². The lowest BCUT2D eigenvalue weighted by Crippen LogP contribution is -2.23. The Balaban J connectivity index is 2.10. The third kappa shape index (κ3) is 2.25. The van der Waals surface area contributed by atoms with Gasteiger partial charge in [0.2, 0.25) is 0 Å². The first kappa shape index (κ1) is 12.9. The van der Waals surface area contributed by atoms with Crippen LogP contribution in [0.5, 0.6) is 5.75 Å². The lowest BCUT2D eigenvalue weighted by molar-refractivity contribution is 0.0987. The maximum absolute atomic E-state index is 10.9. The third-order valence-corrected chi connectivity index (χ3v) is 4.36. The second-order valence-electron chi connectivity index (χ2n) is 4.97. The molecule has 0 spiro atoms. The molecule has 1 unspecified atom stereocenters. The van der Waals surface area contributed by atoms with E-state index >= 15 is 0 Å². The van der Waals surface area contributed by atoms with Gasteiger partial charge in [0.25, 0.3) is 0 Å². The van der Waals surface area contributed by atoms with Crippen LogP contribution in [0.4, 0.5) is 0 Å². The summed E-state index contributed by atoms with van der Waals surface area (Å²) < 4.78 is 6.86. The molecule has 1 heterocycles. The Morgan fingerprint density at radius 1 is 1.16 bits per heavy atom. The average Bonchev–Trinajstić information content (AvgIpc) is 2.87. The molecule has 3 heteroatoms. The Bertz CT molecular complexity index is 603. The molecule has 0 fully saturated rings. The van der Waals surface area contributed by atoms with Gasteiger partial charge in [-0.2, -0.15) is 0 Å². The van der Waals surface area contributed by atoms with Crippen molar-refractivity contribution in [1.29, 1.82) is 0 Å². The highest BCUT2D eigenvalue weighted by molar-refractivity contribution is 14.1. The molecule has 1 aliphatic rings. The number of rotatable bonds is 2. The minimum absolute atomic E-state index is 0.703. The molecule has 2 aromatic carbocycles. The summed E-state index contributed by atoms with van der Waals surface area (Å²) in [7, 11) is 0. The van der Waals surface area contributed by atoms with Crippen molar-refractivity contribution in [2.75, 3.05) is 6.61 Å². The lowest BCUT2D eigenvalue weighted by Gasteiger charge is -2.26. The number of hydrogen-bond donors (Lipinski definition) is 1. The van der Waals surface area contributed by atoms with Gasteiger partial charge in [-0.05, 0) is 52.8 Å². The van der Waals surface area contributed by atoms with Crippen molar-refractivity contribution in [3.05, 3.63) is 62.7 Å². The molecule has 0 saturated carbocycles. The summed E-state index contributed by atoms with van der Waals surface area (Å²) in [5, 5.41) is 10.9. The number of fused-ring (bicyclic) bond motifs is 1. The molecule has 0 aromatic heterocycles. The fourth-order valence-electron chi connectivity index (χ4n) is 2.53. The van der Waals surface area contributed by atoms with E-state index in [4.69, 9.17) is 4.74 Å². The van der Waals surface area contributed by atoms with Crippen molar-refractivity contribution in [3.8, 4) is 5.75 Å². The standard InChI is InChI=1S/C16H15IO2/c1-16(18,12-5-7-13(17)8-6-12)14-4-2-3-11-9-10-19-15(11)14/h2-8,18H,9-10H2,1H3. The minimum atomic E-state index is -1.03. The molecule has 0 saturated heterocycles. The highest BCUT2D eigenvalue weighted by Gasteiger charge is 2.31. The van der Waals surface area contributed by atoms with Gasteiger partial charge in [-0.25, -0.2) is 0 Å². The van der Waals surface area contributed by atoms with Crippen molar-refractivity contribution >= 4 is 22.6 Å². The summed E-state index contributed by atoms with van der Waals surface area (Å²) in [6.07, 6.45) is 0.923. The summed E-state index contributed by atoms with van der Waals surface area (Å²) in [5.74, 6) is 0.853. The fourth-order valence-corrected chi connectivity index (χ4v) is 2.89. The van der Waals surface area contributed by atoms with Crippen LogP contribution in [0.2, 0.25) is 0 Å². The van der Waals surface area contributed by atoms with E-state index in [9.17, 15) is 5.11 Å². The van der Waals surface area contributed by atoms with Gasteiger partial charge in [-0.3, -0.25) is 0 Å². The van der Waals surface area contributed by atoms with Crippen LogP contribution in [0.3, 0.4) is 0 Å². The van der Waals surface area contributed by atoms with Crippen LogP contribution in [0.1, 0.15) is 23.6 Å². The largest absolute Gasteiger partial charge is 0.493 e. The Kier molecular flexibility index (Phi) is 3.27. The molecular formula is C16H15IO2. The summed E-state index contributed by atoms with van der Waals surface area (Å²) in [6, 6.07) is 14.0. The van der Waals surface area contributed by atoms with Crippen molar-refractivity contribution < 1.29 is 9.84 Å². The topological polar surface area (TPSA) is 29.5 Å². The molecule has 1 N–H and O–H groups in total. The highest BCUT2D eigenvalue weighted by Crippen LogP contribution is 2.39. The SMILES string of the molecule is CC(O)(c1ccc(I)cc1)c1cccc2c1OCC2. The molecule has 3 rings (SSSR count). The van der Waals surface area contributed by atoms with Gasteiger partial charge < -0.3 is 9.84 Å². The average molecular weight is 366 g/mol. The van der Waals surface area contributed by atoms with Crippen LogP contribution in [0.15, 0.2) is 42.5 Å². The van der Waals surface area contributed by atoms with Crippen LogP contribution in [0.25, 0.3) is 0 Å². The third-order valence-electron chi connectivity index (χ3n) is 3.65. The number of ether oxygens (including phenoxy) is 1. The summed E-state index contributed by atoms with van der Waals surface area (Å²) in [4.78, 5) is 0. The first-order chi connectivity index (χ1) is 9.09. The van der Waals surface area contributed by atoms with E-state index < -0.39 is 5.60 Å². The van der Waals surface area contributed by atoms with Crippen molar-refractivity contribution in [2.24, 2.45) is 0 Å². The van der Waals surface area contributed by atoms with Gasteiger partial charge in [-0.1, -0.05) is 30.3 Å². The van der Waals surface area contributed by atoms with Crippen LogP contribution in [0, 0.1) is 3.57 Å². The van der Waals surface area contributed by atoms with Gasteiger partial charge >= 0.3 is 0 Å². The molecule has 19 heavy (non-hydrogen) atoms. The van der Waals surface area contributed by atoms with Gasteiger partial charge in [0.15, 0.2) is 0 Å². The maximum Gasteiger partial charge on any atom is 0.129 e. The molecule has 2 nitrogen and oxygen atoms in total. The van der Waals surface area contributed by atoms with E-state index in [1.165, 1.54) is 5.56 Å². The first-order valence-corrected chi connectivity index (χ1v) is 7.40. The monoisotopic (exact) mass is 366 g/mol. The predicted octanol–water partition coefficient (Wildman–Crippen LogP) is 3.48. The number of aliphatic hydroxyl groups is 1. The van der Waals surface area contributed by atoms with E-state index in [0.717, 1.165) is 26.9 Å². The van der Waals surface area contributed by atoms with Crippen molar-refractivity contribution in [1.82, 2.24) is 0 Å². The quantitative estimate of drug-likeness (QED) is 0.825. The van der Waals surface area contributed by atoms with E-state index in [0.29, 0.717) is 6.61 Å². The minimum Gasteiger partial charge on any atom is -0.493 e. The van der Waals surface area contributed by atoms with Crippen LogP contribution >= 0.6 is 22.6 Å². The zero-order valence-corrected chi connectivity index (χ0v) is 12.8. The molecule has 1 aliphatic heterocycles. The van der Waals surface area contributed by atoms with Crippen LogP contribution in [-0.4, -0.2) is 11.7 Å². The van der Waals surface area contributed by atoms with Gasteiger partial charge in [0.1, 0.15) is 11.4 Å². The van der Waals surface area contributed by atoms with Crippen molar-refractivity contribution in [2.45, 2.75) is 18.9 Å². The molecule has 0 bridgehead atoms. The number of halogens is 1. The Morgan fingerprint density at radius 3 is 2.63 bits per heavy atom. The second kappa shape index (κ2) is 4.80. The Labute approximate surface area is 126 Å².